The number of benzene rings is 2. The van der Waals surface area contributed by atoms with Crippen molar-refractivity contribution >= 4 is 54.0 Å². The molecular formula is C32H32N3O6Si+. The summed E-state index contributed by atoms with van der Waals surface area (Å²) >= 11 is 0. The highest BCUT2D eigenvalue weighted by molar-refractivity contribution is 6.98. The largest absolute Gasteiger partial charge is 0.478 e. The van der Waals surface area contributed by atoms with Crippen LogP contribution in [0.5, 0.6) is 0 Å². The number of rotatable bonds is 6. The van der Waals surface area contributed by atoms with Gasteiger partial charge in [0.2, 0.25) is 0 Å². The number of imide groups is 1. The van der Waals surface area contributed by atoms with Crippen molar-refractivity contribution in [2.24, 2.45) is 0 Å². The van der Waals surface area contributed by atoms with E-state index in [0.717, 1.165) is 51.6 Å². The number of anilines is 1. The molecule has 1 aliphatic carbocycles. The number of nitrogens with zero attached hydrogens (tertiary/aromatic N) is 3. The lowest BCUT2D eigenvalue weighted by Gasteiger charge is -2.38. The highest BCUT2D eigenvalue weighted by atomic mass is 28.3. The average molecular weight is 583 g/mol. The maximum Gasteiger partial charge on any atom is 0.363 e. The average Bonchev–Trinajstić information content (AvgIpc) is 3.28. The van der Waals surface area contributed by atoms with Crippen molar-refractivity contribution in [2.75, 3.05) is 32.6 Å². The monoisotopic (exact) mass is 582 g/mol. The molecule has 42 heavy (non-hydrogen) atoms. The summed E-state index contributed by atoms with van der Waals surface area (Å²) in [7, 11) is 3.70. The van der Waals surface area contributed by atoms with Crippen LogP contribution in [0, 0.1) is 0 Å². The molecule has 9 nitrogen and oxygen atoms in total. The summed E-state index contributed by atoms with van der Waals surface area (Å²) in [5, 5.41) is 12.9. The molecule has 2 aromatic carbocycles. The summed E-state index contributed by atoms with van der Waals surface area (Å²) < 4.78 is 2.04. The highest BCUT2D eigenvalue weighted by Gasteiger charge is 2.41. The molecule has 0 atom stereocenters. The second kappa shape index (κ2) is 10.5. The summed E-state index contributed by atoms with van der Waals surface area (Å²) in [5.74, 6) is -3.63. The highest BCUT2D eigenvalue weighted by Crippen LogP contribution is 2.43. The number of hydrogen-bond donors (Lipinski definition) is 1. The molecule has 0 radical (unpaired) electrons. The summed E-state index contributed by atoms with van der Waals surface area (Å²) in [6.07, 6.45) is 8.23. The van der Waals surface area contributed by atoms with Crippen LogP contribution < -0.4 is 10.1 Å². The lowest BCUT2D eigenvalue weighted by atomic mass is 9.86. The van der Waals surface area contributed by atoms with Crippen LogP contribution in [-0.4, -0.2) is 80.0 Å². The number of fused-ring (bicyclic) bond motifs is 2. The molecule has 2 amide bonds. The van der Waals surface area contributed by atoms with Crippen LogP contribution in [0.3, 0.4) is 0 Å². The molecule has 1 N–H and O–H groups in total. The quantitative estimate of drug-likeness (QED) is 0.316. The molecule has 0 saturated carbocycles. The van der Waals surface area contributed by atoms with Crippen LogP contribution in [0.1, 0.15) is 38.8 Å². The number of allylic oxidation sites excluding steroid dienone is 5. The number of hydrogen-bond acceptors (Lipinski definition) is 6. The Balaban J connectivity index is 1.76. The molecular weight excluding hydrogens is 550 g/mol. The number of aromatic carboxylic acids is 1. The first-order valence-corrected chi connectivity index (χ1v) is 16.6. The first-order valence-electron chi connectivity index (χ1n) is 13.6. The van der Waals surface area contributed by atoms with Crippen molar-refractivity contribution in [1.82, 2.24) is 5.06 Å². The molecule has 2 heterocycles. The van der Waals surface area contributed by atoms with Crippen molar-refractivity contribution in [2.45, 2.75) is 20.0 Å². The molecule has 10 heteroatoms. The fourth-order valence-electron chi connectivity index (χ4n) is 5.49. The zero-order valence-corrected chi connectivity index (χ0v) is 25.4. The van der Waals surface area contributed by atoms with Crippen LogP contribution in [0.4, 0.5) is 5.69 Å². The van der Waals surface area contributed by atoms with Crippen LogP contribution in [0.15, 0.2) is 77.5 Å². The van der Waals surface area contributed by atoms with Gasteiger partial charge in [-0.15, -0.1) is 0 Å². The zero-order chi connectivity index (χ0) is 30.5. The first-order chi connectivity index (χ1) is 19.8. The molecule has 2 aliphatic heterocycles. The maximum absolute atomic E-state index is 13.1. The molecule has 5 rings (SSSR count). The van der Waals surface area contributed by atoms with Gasteiger partial charge in [0.15, 0.2) is 5.71 Å². The smallest absolute Gasteiger partial charge is 0.363 e. The summed E-state index contributed by atoms with van der Waals surface area (Å²) in [6.45, 7) is 7.49. The third-order valence-corrected chi connectivity index (χ3v) is 11.5. The topological polar surface area (TPSA) is 107 Å². The molecule has 214 valence electrons. The molecule has 0 saturated heterocycles. The van der Waals surface area contributed by atoms with Gasteiger partial charge in [-0.25, -0.2) is 14.2 Å². The lowest BCUT2D eigenvalue weighted by molar-refractivity contribution is -0.462. The molecule has 0 unspecified atom stereocenters. The van der Waals surface area contributed by atoms with Gasteiger partial charge in [0.1, 0.15) is 22.2 Å². The van der Waals surface area contributed by atoms with Gasteiger partial charge in [-0.1, -0.05) is 24.2 Å². The Morgan fingerprint density at radius 3 is 2.29 bits per heavy atom. The van der Waals surface area contributed by atoms with Gasteiger partial charge < -0.3 is 14.8 Å². The normalized spacial score (nSPS) is 16.8. The Kier molecular flexibility index (Phi) is 7.19. The summed E-state index contributed by atoms with van der Waals surface area (Å²) in [5.41, 5.74) is 4.97. The SMILES string of the molecule is CCN(C)c1ccc2c(c1)[Si](C)(C)C1=CC(=[N+](C)C)C=CC1=C2c1cc(C(=O)ON2C(=O)C=CC2=O)ccc1C(=O)O. The van der Waals surface area contributed by atoms with Crippen molar-refractivity contribution in [3.05, 3.63) is 99.8 Å². The lowest BCUT2D eigenvalue weighted by Crippen LogP contribution is -2.50. The minimum Gasteiger partial charge on any atom is -0.478 e. The molecule has 0 bridgehead atoms. The van der Waals surface area contributed by atoms with E-state index < -0.39 is 31.8 Å². The number of carboxylic acids is 1. The fourth-order valence-corrected chi connectivity index (χ4v) is 8.56. The summed E-state index contributed by atoms with van der Waals surface area (Å²) in [6, 6.07) is 10.4. The number of carbonyl (C=O) groups is 4. The van der Waals surface area contributed by atoms with Crippen molar-refractivity contribution < 1.29 is 33.7 Å². The minimum atomic E-state index is -2.30. The Labute approximate surface area is 245 Å². The van der Waals surface area contributed by atoms with Crippen molar-refractivity contribution in [3.63, 3.8) is 0 Å². The zero-order valence-electron chi connectivity index (χ0n) is 24.4. The van der Waals surface area contributed by atoms with Crippen LogP contribution in [0.2, 0.25) is 13.1 Å². The van der Waals surface area contributed by atoms with Crippen molar-refractivity contribution in [1.29, 1.82) is 0 Å². The van der Waals surface area contributed by atoms with Gasteiger partial charge in [0.25, 0.3) is 11.8 Å². The summed E-state index contributed by atoms with van der Waals surface area (Å²) in [4.78, 5) is 56.9. The predicted molar refractivity (Wildman–Crippen MR) is 163 cm³/mol. The number of carbonyl (C=O) groups excluding carboxylic acids is 3. The maximum atomic E-state index is 13.1. The van der Waals surface area contributed by atoms with Crippen LogP contribution in [-0.2, 0) is 14.4 Å². The van der Waals surface area contributed by atoms with Gasteiger partial charge in [0, 0.05) is 43.6 Å². The Bertz CT molecular complexity index is 1720. The van der Waals surface area contributed by atoms with E-state index in [1.807, 2.05) is 50.0 Å². The standard InChI is InChI=1S/C32H31N3O6Si/c1-7-34(4)21-10-13-24-27(18-21)42(5,6)26-17-20(33(2)3)9-12-23(26)30(24)25-16-19(8-11-22(25)31(38)39)32(40)41-35-28(36)14-15-29(35)37/h8-18H,7H2,1-6H3/p+1. The first kappa shape index (κ1) is 28.7. The Morgan fingerprint density at radius 2 is 1.67 bits per heavy atom. The van der Waals surface area contributed by atoms with Gasteiger partial charge in [-0.2, -0.15) is 0 Å². The minimum absolute atomic E-state index is 0.00688. The van der Waals surface area contributed by atoms with E-state index in [1.165, 1.54) is 18.2 Å². The molecule has 2 aromatic rings. The third-order valence-electron chi connectivity index (χ3n) is 8.02. The van der Waals surface area contributed by atoms with E-state index in [0.29, 0.717) is 16.2 Å². The van der Waals surface area contributed by atoms with Crippen molar-refractivity contribution in [3.8, 4) is 0 Å². The number of amides is 2. The van der Waals surface area contributed by atoms with E-state index in [2.05, 4.69) is 37.1 Å². The van der Waals surface area contributed by atoms with Gasteiger partial charge in [-0.3, -0.25) is 9.59 Å². The van der Waals surface area contributed by atoms with E-state index in [4.69, 9.17) is 4.84 Å². The molecule has 3 aliphatic rings. The Morgan fingerprint density at radius 1 is 0.976 bits per heavy atom. The van der Waals surface area contributed by atoms with Gasteiger partial charge in [-0.05, 0) is 76.0 Å². The van der Waals surface area contributed by atoms with E-state index in [-0.39, 0.29) is 11.1 Å². The van der Waals surface area contributed by atoms with Crippen LogP contribution in [0.25, 0.3) is 5.57 Å². The molecule has 0 aromatic heterocycles. The van der Waals surface area contributed by atoms with Gasteiger partial charge >= 0.3 is 11.9 Å². The molecule has 0 fully saturated rings. The Hall–Kier alpha value is -4.83. The second-order valence-corrected chi connectivity index (χ2v) is 15.4. The second-order valence-electron chi connectivity index (χ2n) is 11.1. The van der Waals surface area contributed by atoms with E-state index in [1.54, 1.807) is 0 Å². The predicted octanol–water partition coefficient (Wildman–Crippen LogP) is 3.32. The number of hydroxylamine groups is 2. The third kappa shape index (κ3) is 4.73. The van der Waals surface area contributed by atoms with Crippen LogP contribution >= 0.6 is 0 Å². The van der Waals surface area contributed by atoms with E-state index >= 15 is 0 Å². The van der Waals surface area contributed by atoms with Gasteiger partial charge in [0.05, 0.1) is 11.1 Å². The molecule has 0 spiro atoms. The van der Waals surface area contributed by atoms with E-state index in [9.17, 15) is 24.3 Å². The fraction of sp³-hybridized carbons (Fsp3) is 0.219. The number of carboxylic acid groups (broad SMARTS) is 1.